The van der Waals surface area contributed by atoms with Crippen LogP contribution in [0.2, 0.25) is 0 Å². The van der Waals surface area contributed by atoms with Crippen LogP contribution in [0, 0.1) is 0 Å². The molecular weight excluding hydrogens is 204 g/mol. The Morgan fingerprint density at radius 3 is 3.25 bits per heavy atom. The van der Waals surface area contributed by atoms with Crippen molar-refractivity contribution < 1.29 is 4.42 Å². The molecule has 3 rings (SSSR count). The van der Waals surface area contributed by atoms with E-state index in [0.29, 0.717) is 6.04 Å². The zero-order valence-electron chi connectivity index (χ0n) is 8.99. The molecule has 1 saturated heterocycles. The molecule has 0 N–H and O–H groups in total. The molecule has 1 aliphatic rings. The fourth-order valence-electron chi connectivity index (χ4n) is 2.21. The molecule has 0 aliphatic carbocycles. The molecule has 5 heteroatoms. The summed E-state index contributed by atoms with van der Waals surface area (Å²) in [5.74, 6) is 1.03. The van der Waals surface area contributed by atoms with Gasteiger partial charge in [0.25, 0.3) is 0 Å². The summed E-state index contributed by atoms with van der Waals surface area (Å²) in [6.45, 7) is 2.99. The van der Waals surface area contributed by atoms with Gasteiger partial charge in [0.2, 0.25) is 0 Å². The maximum Gasteiger partial charge on any atom is 0.117 e. The Kier molecular flexibility index (Phi) is 2.46. The smallest absolute Gasteiger partial charge is 0.117 e. The van der Waals surface area contributed by atoms with Crippen molar-refractivity contribution in [2.75, 3.05) is 13.1 Å². The van der Waals surface area contributed by atoms with Gasteiger partial charge in [-0.1, -0.05) is 5.21 Å². The SMILES string of the molecule is c1coc(CN2CCC(n3ccnn3)C2)c1. The van der Waals surface area contributed by atoms with Crippen LogP contribution in [-0.2, 0) is 6.54 Å². The second-order valence-corrected chi connectivity index (χ2v) is 4.14. The summed E-state index contributed by atoms with van der Waals surface area (Å²) in [6.07, 6.45) is 6.51. The van der Waals surface area contributed by atoms with E-state index in [9.17, 15) is 0 Å². The van der Waals surface area contributed by atoms with Crippen molar-refractivity contribution >= 4 is 0 Å². The number of hydrogen-bond acceptors (Lipinski definition) is 4. The lowest BCUT2D eigenvalue weighted by Gasteiger charge is -2.14. The number of nitrogens with zero attached hydrogens (tertiary/aromatic N) is 4. The monoisotopic (exact) mass is 218 g/mol. The molecule has 16 heavy (non-hydrogen) atoms. The predicted molar refractivity (Wildman–Crippen MR) is 57.7 cm³/mol. The van der Waals surface area contributed by atoms with Gasteiger partial charge in [0.1, 0.15) is 5.76 Å². The fourth-order valence-corrected chi connectivity index (χ4v) is 2.21. The zero-order chi connectivity index (χ0) is 10.8. The van der Waals surface area contributed by atoms with Crippen LogP contribution in [0.1, 0.15) is 18.2 Å². The summed E-state index contributed by atoms with van der Waals surface area (Å²) in [5.41, 5.74) is 0. The third kappa shape index (κ3) is 1.86. The Labute approximate surface area is 93.7 Å². The van der Waals surface area contributed by atoms with Crippen molar-refractivity contribution in [1.29, 1.82) is 0 Å². The fraction of sp³-hybridized carbons (Fsp3) is 0.455. The standard InChI is InChI=1S/C11H14N4O/c1-2-11(16-7-1)9-14-5-3-10(8-14)15-6-4-12-13-15/h1-2,4,6-7,10H,3,5,8-9H2. The number of furan rings is 1. The highest BCUT2D eigenvalue weighted by Gasteiger charge is 2.24. The maximum atomic E-state index is 5.34. The van der Waals surface area contributed by atoms with Gasteiger partial charge in [0, 0.05) is 19.3 Å². The molecule has 0 saturated carbocycles. The maximum absolute atomic E-state index is 5.34. The predicted octanol–water partition coefficient (Wildman–Crippen LogP) is 1.32. The van der Waals surface area contributed by atoms with E-state index in [2.05, 4.69) is 15.2 Å². The molecule has 0 amide bonds. The summed E-state index contributed by atoms with van der Waals surface area (Å²) >= 11 is 0. The van der Waals surface area contributed by atoms with Gasteiger partial charge in [-0.05, 0) is 18.6 Å². The first kappa shape index (κ1) is 9.59. The lowest BCUT2D eigenvalue weighted by Crippen LogP contribution is -2.21. The van der Waals surface area contributed by atoms with Crippen LogP contribution >= 0.6 is 0 Å². The lowest BCUT2D eigenvalue weighted by atomic mass is 10.3. The van der Waals surface area contributed by atoms with Gasteiger partial charge in [-0.3, -0.25) is 4.90 Å². The highest BCUT2D eigenvalue weighted by atomic mass is 16.3. The third-order valence-electron chi connectivity index (χ3n) is 3.02. The van der Waals surface area contributed by atoms with Gasteiger partial charge in [-0.15, -0.1) is 5.10 Å². The Morgan fingerprint density at radius 1 is 1.50 bits per heavy atom. The van der Waals surface area contributed by atoms with E-state index in [-0.39, 0.29) is 0 Å². The Balaban J connectivity index is 1.61. The summed E-state index contributed by atoms with van der Waals surface area (Å²) in [6, 6.07) is 4.40. The molecule has 2 aromatic rings. The van der Waals surface area contributed by atoms with Crippen molar-refractivity contribution in [3.05, 3.63) is 36.5 Å². The van der Waals surface area contributed by atoms with E-state index in [1.807, 2.05) is 23.0 Å². The van der Waals surface area contributed by atoms with Crippen LogP contribution < -0.4 is 0 Å². The molecule has 1 atom stereocenters. The highest BCUT2D eigenvalue weighted by Crippen LogP contribution is 2.21. The average molecular weight is 218 g/mol. The lowest BCUT2D eigenvalue weighted by molar-refractivity contribution is 0.283. The second kappa shape index (κ2) is 4.09. The van der Waals surface area contributed by atoms with E-state index in [1.165, 1.54) is 0 Å². The van der Waals surface area contributed by atoms with Crippen molar-refractivity contribution in [2.24, 2.45) is 0 Å². The Bertz CT molecular complexity index is 423. The second-order valence-electron chi connectivity index (χ2n) is 4.14. The van der Waals surface area contributed by atoms with Gasteiger partial charge in [-0.2, -0.15) is 0 Å². The minimum atomic E-state index is 0.456. The first-order chi connectivity index (χ1) is 7.92. The van der Waals surface area contributed by atoms with Crippen molar-refractivity contribution in [3.8, 4) is 0 Å². The molecule has 0 spiro atoms. The number of aromatic nitrogens is 3. The first-order valence-electron chi connectivity index (χ1n) is 5.52. The largest absolute Gasteiger partial charge is 0.468 e. The van der Waals surface area contributed by atoms with Crippen LogP contribution in [0.3, 0.4) is 0 Å². The van der Waals surface area contributed by atoms with Gasteiger partial charge >= 0.3 is 0 Å². The van der Waals surface area contributed by atoms with E-state index < -0.39 is 0 Å². The normalized spacial score (nSPS) is 21.6. The average Bonchev–Trinajstić information content (AvgIpc) is 2.99. The van der Waals surface area contributed by atoms with Gasteiger partial charge < -0.3 is 4.42 Å². The minimum Gasteiger partial charge on any atom is -0.468 e. The molecule has 2 aromatic heterocycles. The Morgan fingerprint density at radius 2 is 2.50 bits per heavy atom. The molecule has 0 bridgehead atoms. The summed E-state index contributed by atoms with van der Waals surface area (Å²) in [4.78, 5) is 2.38. The van der Waals surface area contributed by atoms with Crippen LogP contribution in [0.25, 0.3) is 0 Å². The molecule has 1 unspecified atom stereocenters. The summed E-state index contributed by atoms with van der Waals surface area (Å²) in [5, 5.41) is 7.89. The van der Waals surface area contributed by atoms with Gasteiger partial charge in [0.15, 0.2) is 0 Å². The van der Waals surface area contributed by atoms with Crippen LogP contribution in [0.4, 0.5) is 0 Å². The van der Waals surface area contributed by atoms with E-state index in [0.717, 1.165) is 31.8 Å². The molecule has 1 fully saturated rings. The minimum absolute atomic E-state index is 0.456. The molecular formula is C11H14N4O. The summed E-state index contributed by atoms with van der Waals surface area (Å²) in [7, 11) is 0. The summed E-state index contributed by atoms with van der Waals surface area (Å²) < 4.78 is 7.29. The number of hydrogen-bond donors (Lipinski definition) is 0. The van der Waals surface area contributed by atoms with Crippen LogP contribution in [0.5, 0.6) is 0 Å². The van der Waals surface area contributed by atoms with E-state index in [1.54, 1.807) is 12.5 Å². The molecule has 3 heterocycles. The number of rotatable bonds is 3. The van der Waals surface area contributed by atoms with Crippen molar-refractivity contribution in [3.63, 3.8) is 0 Å². The molecule has 0 aromatic carbocycles. The molecule has 0 radical (unpaired) electrons. The molecule has 1 aliphatic heterocycles. The van der Waals surface area contributed by atoms with Crippen LogP contribution in [-0.4, -0.2) is 33.0 Å². The molecule has 5 nitrogen and oxygen atoms in total. The quantitative estimate of drug-likeness (QED) is 0.779. The molecule has 84 valence electrons. The van der Waals surface area contributed by atoms with Gasteiger partial charge in [-0.25, -0.2) is 4.68 Å². The third-order valence-corrected chi connectivity index (χ3v) is 3.02. The Hall–Kier alpha value is -1.62. The van der Waals surface area contributed by atoms with E-state index >= 15 is 0 Å². The van der Waals surface area contributed by atoms with E-state index in [4.69, 9.17) is 4.42 Å². The topological polar surface area (TPSA) is 47.1 Å². The van der Waals surface area contributed by atoms with Crippen molar-refractivity contribution in [2.45, 2.75) is 19.0 Å². The zero-order valence-corrected chi connectivity index (χ0v) is 8.99. The highest BCUT2D eigenvalue weighted by molar-refractivity contribution is 4.98. The van der Waals surface area contributed by atoms with Crippen molar-refractivity contribution in [1.82, 2.24) is 19.9 Å². The van der Waals surface area contributed by atoms with Gasteiger partial charge in [0.05, 0.1) is 25.0 Å². The first-order valence-corrected chi connectivity index (χ1v) is 5.52. The van der Waals surface area contributed by atoms with Crippen LogP contribution in [0.15, 0.2) is 35.2 Å². The number of likely N-dealkylation sites (tertiary alicyclic amines) is 1.